The third-order valence-corrected chi connectivity index (χ3v) is 4.73. The molecule has 4 rings (SSSR count). The van der Waals surface area contributed by atoms with Crippen LogP contribution in [-0.4, -0.2) is 26.8 Å². The lowest BCUT2D eigenvalue weighted by Crippen LogP contribution is -2.25. The summed E-state index contributed by atoms with van der Waals surface area (Å²) < 4.78 is 14.8. The molecule has 1 aromatic heterocycles. The zero-order valence-corrected chi connectivity index (χ0v) is 14.4. The van der Waals surface area contributed by atoms with E-state index in [4.69, 9.17) is 5.11 Å². The Morgan fingerprint density at radius 3 is 2.48 bits per heavy atom. The number of aryl methyl sites for hydroxylation is 1. The lowest BCUT2D eigenvalue weighted by Gasteiger charge is -2.24. The van der Waals surface area contributed by atoms with E-state index in [9.17, 15) is 14.0 Å². The number of nitrogens with one attached hydrogen (secondary N) is 1. The summed E-state index contributed by atoms with van der Waals surface area (Å²) in [5.41, 5.74) is 3.31. The first-order chi connectivity index (χ1) is 12.9. The Morgan fingerprint density at radius 2 is 1.85 bits per heavy atom. The van der Waals surface area contributed by atoms with Gasteiger partial charge in [-0.2, -0.15) is 5.10 Å². The third-order valence-electron chi connectivity index (χ3n) is 4.73. The Balaban J connectivity index is 1.81. The van der Waals surface area contributed by atoms with Gasteiger partial charge in [-0.1, -0.05) is 12.1 Å². The van der Waals surface area contributed by atoms with E-state index < -0.39 is 5.97 Å². The molecule has 7 heteroatoms. The van der Waals surface area contributed by atoms with E-state index in [1.165, 1.54) is 24.3 Å². The topological polar surface area (TPSA) is 84.2 Å². The first-order valence-electron chi connectivity index (χ1n) is 8.42. The molecule has 1 aliphatic rings. The van der Waals surface area contributed by atoms with Crippen LogP contribution in [0.2, 0.25) is 0 Å². The Bertz CT molecular complexity index is 1040. The fourth-order valence-electron chi connectivity index (χ4n) is 3.46. The zero-order chi connectivity index (χ0) is 19.1. The summed E-state index contributed by atoms with van der Waals surface area (Å²) in [6, 6.07) is 12.4. The molecule has 0 unspecified atom stereocenters. The number of hydrogen-bond donors (Lipinski definition) is 2. The van der Waals surface area contributed by atoms with Gasteiger partial charge in [0.15, 0.2) is 0 Å². The third kappa shape index (κ3) is 2.97. The lowest BCUT2D eigenvalue weighted by atomic mass is 9.85. The molecule has 27 heavy (non-hydrogen) atoms. The molecule has 3 aromatic rings. The van der Waals surface area contributed by atoms with Crippen LogP contribution in [0.3, 0.4) is 0 Å². The van der Waals surface area contributed by atoms with Crippen LogP contribution in [0.25, 0.3) is 5.69 Å². The second-order valence-electron chi connectivity index (χ2n) is 6.47. The molecule has 6 nitrogen and oxygen atoms in total. The Labute approximate surface area is 154 Å². The minimum Gasteiger partial charge on any atom is -0.478 e. The quantitative estimate of drug-likeness (QED) is 0.744. The fraction of sp³-hybridized carbons (Fsp3) is 0.150. The number of carboxylic acids is 1. The number of rotatable bonds is 3. The van der Waals surface area contributed by atoms with Crippen LogP contribution < -0.4 is 5.32 Å². The number of carboxylic acid groups (broad SMARTS) is 1. The van der Waals surface area contributed by atoms with Gasteiger partial charge >= 0.3 is 5.97 Å². The summed E-state index contributed by atoms with van der Waals surface area (Å²) in [6.45, 7) is 1.86. The normalized spacial score (nSPS) is 15.9. The van der Waals surface area contributed by atoms with Gasteiger partial charge in [-0.3, -0.25) is 4.79 Å². The highest BCUT2D eigenvalue weighted by atomic mass is 19.1. The van der Waals surface area contributed by atoms with Gasteiger partial charge in [0.1, 0.15) is 11.6 Å². The lowest BCUT2D eigenvalue weighted by molar-refractivity contribution is -0.116. The molecule has 1 atom stereocenters. The first kappa shape index (κ1) is 17.0. The van der Waals surface area contributed by atoms with Crippen molar-refractivity contribution in [2.24, 2.45) is 0 Å². The molecule has 2 N–H and O–H groups in total. The predicted octanol–water partition coefficient (Wildman–Crippen LogP) is 3.49. The Hall–Kier alpha value is -3.48. The molecule has 2 heterocycles. The molecule has 1 aliphatic heterocycles. The van der Waals surface area contributed by atoms with E-state index in [1.54, 1.807) is 28.9 Å². The van der Waals surface area contributed by atoms with E-state index in [2.05, 4.69) is 10.4 Å². The maximum absolute atomic E-state index is 13.2. The molecule has 0 bridgehead atoms. The maximum Gasteiger partial charge on any atom is 0.335 e. The Morgan fingerprint density at radius 1 is 1.19 bits per heavy atom. The summed E-state index contributed by atoms with van der Waals surface area (Å²) in [5.74, 6) is -1.17. The van der Waals surface area contributed by atoms with Crippen LogP contribution in [0.5, 0.6) is 0 Å². The van der Waals surface area contributed by atoms with Crippen molar-refractivity contribution >= 4 is 17.7 Å². The molecule has 0 saturated carbocycles. The number of aromatic nitrogens is 2. The molecule has 0 spiro atoms. The molecule has 1 amide bonds. The van der Waals surface area contributed by atoms with Gasteiger partial charge in [0.2, 0.25) is 5.91 Å². The minimum absolute atomic E-state index is 0.155. The highest BCUT2D eigenvalue weighted by molar-refractivity contribution is 5.95. The van der Waals surface area contributed by atoms with Crippen LogP contribution in [-0.2, 0) is 4.79 Å². The monoisotopic (exact) mass is 365 g/mol. The van der Waals surface area contributed by atoms with E-state index >= 15 is 0 Å². The van der Waals surface area contributed by atoms with Crippen LogP contribution >= 0.6 is 0 Å². The molecule has 0 radical (unpaired) electrons. The van der Waals surface area contributed by atoms with Gasteiger partial charge in [-0.05, 0) is 48.9 Å². The summed E-state index contributed by atoms with van der Waals surface area (Å²) in [6.07, 6.45) is 0.245. The fourth-order valence-corrected chi connectivity index (χ4v) is 3.46. The summed E-state index contributed by atoms with van der Waals surface area (Å²) in [5, 5.41) is 16.5. The molecule has 0 saturated heterocycles. The second kappa shape index (κ2) is 6.35. The van der Waals surface area contributed by atoms with Crippen molar-refractivity contribution in [3.63, 3.8) is 0 Å². The first-order valence-corrected chi connectivity index (χ1v) is 8.42. The predicted molar refractivity (Wildman–Crippen MR) is 96.8 cm³/mol. The van der Waals surface area contributed by atoms with E-state index in [0.29, 0.717) is 11.5 Å². The standard InChI is InChI=1S/C20H16FN3O3/c1-11-18-16(12-2-4-13(5-3-12)20(26)27)10-17(25)22-19(18)24(23-11)15-8-6-14(21)7-9-15/h2-9,16H,10H2,1H3,(H,22,25)(H,26,27)/t16-/m0/s1. The van der Waals surface area contributed by atoms with Gasteiger partial charge in [0.25, 0.3) is 0 Å². The number of carbonyl (C=O) groups is 2. The molecule has 0 fully saturated rings. The van der Waals surface area contributed by atoms with Crippen LogP contribution in [0.4, 0.5) is 10.2 Å². The van der Waals surface area contributed by atoms with Gasteiger partial charge < -0.3 is 10.4 Å². The van der Waals surface area contributed by atoms with E-state index in [1.807, 2.05) is 6.92 Å². The number of aromatic carboxylic acids is 1. The second-order valence-corrected chi connectivity index (χ2v) is 6.47. The van der Waals surface area contributed by atoms with Crippen LogP contribution in [0.1, 0.15) is 39.5 Å². The highest BCUT2D eigenvalue weighted by Crippen LogP contribution is 2.40. The SMILES string of the molecule is Cc1nn(-c2ccc(F)cc2)c2c1[C@H](c1ccc(C(=O)O)cc1)CC(=O)N2. The summed E-state index contributed by atoms with van der Waals surface area (Å²) in [4.78, 5) is 23.4. The van der Waals surface area contributed by atoms with Crippen molar-refractivity contribution in [1.82, 2.24) is 9.78 Å². The van der Waals surface area contributed by atoms with Gasteiger partial charge in [-0.15, -0.1) is 0 Å². The Kier molecular flexibility index (Phi) is 3.99. The van der Waals surface area contributed by atoms with Crippen LogP contribution in [0, 0.1) is 12.7 Å². The molecular weight excluding hydrogens is 349 g/mol. The van der Waals surface area contributed by atoms with Crippen molar-refractivity contribution in [1.29, 1.82) is 0 Å². The average Bonchev–Trinajstić information content (AvgIpc) is 2.98. The van der Waals surface area contributed by atoms with E-state index in [0.717, 1.165) is 16.8 Å². The van der Waals surface area contributed by atoms with Gasteiger partial charge in [0.05, 0.1) is 16.9 Å². The molecule has 136 valence electrons. The zero-order valence-electron chi connectivity index (χ0n) is 14.4. The van der Waals surface area contributed by atoms with Crippen molar-refractivity contribution in [2.75, 3.05) is 5.32 Å². The average molecular weight is 365 g/mol. The molecule has 2 aromatic carbocycles. The molecule has 0 aliphatic carbocycles. The van der Waals surface area contributed by atoms with Crippen molar-refractivity contribution in [3.05, 3.63) is 76.7 Å². The number of hydrogen-bond acceptors (Lipinski definition) is 3. The largest absolute Gasteiger partial charge is 0.478 e. The van der Waals surface area contributed by atoms with Gasteiger partial charge in [-0.25, -0.2) is 13.9 Å². The maximum atomic E-state index is 13.2. The highest BCUT2D eigenvalue weighted by Gasteiger charge is 2.32. The summed E-state index contributed by atoms with van der Waals surface area (Å²) in [7, 11) is 0. The summed E-state index contributed by atoms with van der Waals surface area (Å²) >= 11 is 0. The minimum atomic E-state index is -0.996. The number of carbonyl (C=O) groups excluding carboxylic acids is 1. The number of amides is 1. The number of halogens is 1. The van der Waals surface area contributed by atoms with Crippen molar-refractivity contribution in [2.45, 2.75) is 19.3 Å². The van der Waals surface area contributed by atoms with Gasteiger partial charge in [0, 0.05) is 17.9 Å². The van der Waals surface area contributed by atoms with Crippen molar-refractivity contribution in [3.8, 4) is 5.69 Å². The number of nitrogens with zero attached hydrogens (tertiary/aromatic N) is 2. The van der Waals surface area contributed by atoms with Crippen molar-refractivity contribution < 1.29 is 19.1 Å². The molecular formula is C20H16FN3O3. The smallest absolute Gasteiger partial charge is 0.335 e. The number of anilines is 1. The number of benzene rings is 2. The van der Waals surface area contributed by atoms with Crippen LogP contribution in [0.15, 0.2) is 48.5 Å². The van der Waals surface area contributed by atoms with E-state index in [-0.39, 0.29) is 29.6 Å². The number of fused-ring (bicyclic) bond motifs is 1.